The predicted molar refractivity (Wildman–Crippen MR) is 109 cm³/mol. The normalized spacial score (nSPS) is 12.4. The molecule has 6 heteroatoms. The Morgan fingerprint density at radius 3 is 2.54 bits per heavy atom. The third kappa shape index (κ3) is 4.84. The first kappa shape index (κ1) is 19.3. The van der Waals surface area contributed by atoms with E-state index in [9.17, 15) is 14.1 Å². The first-order chi connectivity index (χ1) is 13.3. The van der Waals surface area contributed by atoms with Crippen molar-refractivity contribution in [2.45, 2.75) is 11.8 Å². The van der Waals surface area contributed by atoms with Gasteiger partial charge in [0, 0.05) is 34.7 Å². The molecule has 0 saturated carbocycles. The Kier molecular flexibility index (Phi) is 5.57. The van der Waals surface area contributed by atoms with Crippen LogP contribution in [0.1, 0.15) is 27.0 Å². The van der Waals surface area contributed by atoms with Crippen LogP contribution in [0.2, 0.25) is 0 Å². The molecule has 140 valence electrons. The fourth-order valence-electron chi connectivity index (χ4n) is 2.47. The molecule has 0 aliphatic carbocycles. The minimum absolute atomic E-state index is 0.126. The van der Waals surface area contributed by atoms with E-state index in [-0.39, 0.29) is 11.3 Å². The number of carbonyl (C=O) groups excluding carboxylic acids is 1. The lowest BCUT2D eigenvalue weighted by Crippen LogP contribution is -2.04. The van der Waals surface area contributed by atoms with Crippen LogP contribution in [-0.4, -0.2) is 26.5 Å². The third-order valence-electron chi connectivity index (χ3n) is 3.87. The number of phenolic OH excluding ortho intramolecular Hbond substituents is 1. The molecule has 1 atom stereocenters. The first-order valence-electron chi connectivity index (χ1n) is 8.43. The summed E-state index contributed by atoms with van der Waals surface area (Å²) in [7, 11) is -2.87. The highest BCUT2D eigenvalue weighted by molar-refractivity contribution is 7.93. The molecule has 3 rings (SSSR count). The monoisotopic (exact) mass is 390 g/mol. The van der Waals surface area contributed by atoms with Gasteiger partial charge in [0.25, 0.3) is 5.91 Å². The van der Waals surface area contributed by atoms with Gasteiger partial charge in [0.1, 0.15) is 5.75 Å². The quantitative estimate of drug-likeness (QED) is 0.675. The van der Waals surface area contributed by atoms with E-state index in [1.807, 2.05) is 13.0 Å². The maximum atomic E-state index is 12.9. The van der Waals surface area contributed by atoms with Crippen LogP contribution in [0.4, 0.5) is 0 Å². The van der Waals surface area contributed by atoms with Gasteiger partial charge < -0.3 is 5.11 Å². The molecule has 1 heterocycles. The Morgan fingerprint density at radius 2 is 1.79 bits per heavy atom. The summed E-state index contributed by atoms with van der Waals surface area (Å²) in [4.78, 5) is 17.1. The Bertz CT molecular complexity index is 1230. The number of hydrogen-bond donors (Lipinski definition) is 1. The molecule has 0 spiro atoms. The van der Waals surface area contributed by atoms with Crippen molar-refractivity contribution in [2.75, 3.05) is 6.26 Å². The molecule has 1 N–H and O–H groups in total. The largest absolute Gasteiger partial charge is 0.508 e. The highest BCUT2D eigenvalue weighted by Gasteiger charge is 2.12. The van der Waals surface area contributed by atoms with Gasteiger partial charge in [-0.05, 0) is 48.9 Å². The number of rotatable bonds is 2. The molecule has 2 aromatic carbocycles. The summed E-state index contributed by atoms with van der Waals surface area (Å²) in [5.41, 5.74) is 2.31. The van der Waals surface area contributed by atoms with Crippen molar-refractivity contribution in [3.63, 3.8) is 0 Å². The molecule has 1 amide bonds. The van der Waals surface area contributed by atoms with Crippen LogP contribution >= 0.6 is 0 Å². The van der Waals surface area contributed by atoms with Crippen molar-refractivity contribution >= 4 is 15.6 Å². The van der Waals surface area contributed by atoms with E-state index in [4.69, 9.17) is 0 Å². The van der Waals surface area contributed by atoms with Gasteiger partial charge in [0.05, 0.1) is 15.3 Å². The Balaban J connectivity index is 1.90. The van der Waals surface area contributed by atoms with Crippen LogP contribution in [0.5, 0.6) is 5.75 Å². The van der Waals surface area contributed by atoms with Gasteiger partial charge in [-0.15, -0.1) is 0 Å². The number of hydrogen-bond acceptors (Lipinski definition) is 4. The average molecular weight is 390 g/mol. The average Bonchev–Trinajstić information content (AvgIpc) is 2.66. The first-order valence-corrected chi connectivity index (χ1v) is 10.4. The summed E-state index contributed by atoms with van der Waals surface area (Å²) >= 11 is 0. The van der Waals surface area contributed by atoms with E-state index in [0.717, 1.165) is 5.56 Å². The topological polar surface area (TPSA) is 79.6 Å². The van der Waals surface area contributed by atoms with Crippen molar-refractivity contribution in [1.82, 2.24) is 4.98 Å². The molecule has 0 fully saturated rings. The van der Waals surface area contributed by atoms with E-state index in [1.165, 1.54) is 18.6 Å². The van der Waals surface area contributed by atoms with Gasteiger partial charge in [-0.1, -0.05) is 30.0 Å². The molecule has 1 unspecified atom stereocenters. The van der Waals surface area contributed by atoms with Crippen molar-refractivity contribution in [3.8, 4) is 17.6 Å². The molecule has 5 nitrogen and oxygen atoms in total. The molecule has 0 aliphatic heterocycles. The summed E-state index contributed by atoms with van der Waals surface area (Å²) in [5.74, 6) is 5.31. The molecular formula is C22H18N2O3S. The summed E-state index contributed by atoms with van der Waals surface area (Å²) in [5, 5.41) is 9.48. The number of nitrogens with zero attached hydrogens (tertiary/aromatic N) is 2. The summed E-state index contributed by atoms with van der Waals surface area (Å²) < 4.78 is 16.8. The van der Waals surface area contributed by atoms with Crippen LogP contribution in [0.3, 0.4) is 0 Å². The number of carbonyl (C=O) groups is 1. The fourth-order valence-corrected chi connectivity index (χ4v) is 3.73. The Labute approximate surface area is 164 Å². The maximum Gasteiger partial charge on any atom is 0.286 e. The van der Waals surface area contributed by atoms with Gasteiger partial charge in [0.2, 0.25) is 0 Å². The zero-order chi connectivity index (χ0) is 20.1. The summed E-state index contributed by atoms with van der Waals surface area (Å²) in [6.07, 6.45) is 4.34. The van der Waals surface area contributed by atoms with Crippen molar-refractivity contribution in [3.05, 3.63) is 89.2 Å². The molecule has 1 aromatic heterocycles. The van der Waals surface area contributed by atoms with E-state index in [0.29, 0.717) is 16.0 Å². The number of pyridine rings is 1. The number of aromatic nitrogens is 1. The van der Waals surface area contributed by atoms with Gasteiger partial charge in [-0.2, -0.15) is 4.36 Å². The number of aryl methyl sites for hydroxylation is 1. The molecule has 28 heavy (non-hydrogen) atoms. The minimum atomic E-state index is -2.87. The van der Waals surface area contributed by atoms with Crippen LogP contribution in [0, 0.1) is 18.8 Å². The lowest BCUT2D eigenvalue weighted by atomic mass is 10.1. The third-order valence-corrected chi connectivity index (χ3v) is 5.51. The Morgan fingerprint density at radius 1 is 1.04 bits per heavy atom. The molecule has 0 aliphatic rings. The SMILES string of the molecule is Cc1cccc(S(C)(=O)=NC(=O)c2cncc(C#Cc3cccc(O)c3)c2)c1. The second-order valence-corrected chi connectivity index (χ2v) is 8.54. The van der Waals surface area contributed by atoms with Crippen molar-refractivity contribution in [1.29, 1.82) is 0 Å². The predicted octanol–water partition coefficient (Wildman–Crippen LogP) is 3.79. The van der Waals surface area contributed by atoms with Crippen LogP contribution in [0.15, 0.2) is 76.2 Å². The summed E-state index contributed by atoms with van der Waals surface area (Å²) in [6, 6.07) is 15.2. The van der Waals surface area contributed by atoms with E-state index in [2.05, 4.69) is 21.2 Å². The van der Waals surface area contributed by atoms with Crippen molar-refractivity contribution < 1.29 is 14.1 Å². The van der Waals surface area contributed by atoms with Crippen LogP contribution in [0.25, 0.3) is 0 Å². The number of amides is 1. The minimum Gasteiger partial charge on any atom is -0.508 e. The second kappa shape index (κ2) is 8.07. The highest BCUT2D eigenvalue weighted by atomic mass is 32.2. The standard InChI is InChI=1S/C22H18N2O3S/c1-16-5-3-8-21(11-16)28(2,27)24-22(26)19-12-18(14-23-15-19)10-9-17-6-4-7-20(25)13-17/h3-8,11-15,25H,1-2H3. The molecule has 0 bridgehead atoms. The van der Waals surface area contributed by atoms with E-state index in [1.54, 1.807) is 48.5 Å². The maximum absolute atomic E-state index is 12.9. The van der Waals surface area contributed by atoms with Gasteiger partial charge >= 0.3 is 0 Å². The number of phenols is 1. The number of benzene rings is 2. The Hall–Kier alpha value is -3.43. The van der Waals surface area contributed by atoms with E-state index >= 15 is 0 Å². The molecule has 0 radical (unpaired) electrons. The molecule has 0 saturated heterocycles. The van der Waals surface area contributed by atoms with E-state index < -0.39 is 15.6 Å². The van der Waals surface area contributed by atoms with Gasteiger partial charge in [-0.3, -0.25) is 9.78 Å². The fraction of sp³-hybridized carbons (Fsp3) is 0.0909. The number of aromatic hydroxyl groups is 1. The lowest BCUT2D eigenvalue weighted by Gasteiger charge is -2.05. The van der Waals surface area contributed by atoms with Crippen LogP contribution in [-0.2, 0) is 9.73 Å². The van der Waals surface area contributed by atoms with Gasteiger partial charge in [-0.25, -0.2) is 4.21 Å². The smallest absolute Gasteiger partial charge is 0.286 e. The summed E-state index contributed by atoms with van der Waals surface area (Å²) in [6.45, 7) is 1.89. The lowest BCUT2D eigenvalue weighted by molar-refractivity contribution is 0.100. The molecule has 3 aromatic rings. The molecular weight excluding hydrogens is 372 g/mol. The van der Waals surface area contributed by atoms with Crippen LogP contribution < -0.4 is 0 Å². The zero-order valence-corrected chi connectivity index (χ0v) is 16.2. The van der Waals surface area contributed by atoms with Gasteiger partial charge in [0.15, 0.2) is 0 Å². The van der Waals surface area contributed by atoms with Crippen molar-refractivity contribution in [2.24, 2.45) is 4.36 Å². The highest BCUT2D eigenvalue weighted by Crippen LogP contribution is 2.15. The zero-order valence-electron chi connectivity index (χ0n) is 15.4. The second-order valence-electron chi connectivity index (χ2n) is 6.28.